The van der Waals surface area contributed by atoms with E-state index in [0.717, 1.165) is 25.7 Å². The van der Waals surface area contributed by atoms with Crippen LogP contribution in [0.1, 0.15) is 153 Å². The van der Waals surface area contributed by atoms with E-state index in [0.29, 0.717) is 51.6 Å². The van der Waals surface area contributed by atoms with Crippen LogP contribution in [0.15, 0.2) is 0 Å². The first kappa shape index (κ1) is 130. The normalized spacial score (nSPS) is 23.0. The Labute approximate surface area is 818 Å². The molecule has 3 rings (SSSR count). The van der Waals surface area contributed by atoms with Gasteiger partial charge in [0.25, 0.3) is 0 Å². The predicted molar refractivity (Wildman–Crippen MR) is 492 cm³/mol. The van der Waals surface area contributed by atoms with Gasteiger partial charge in [-0.3, -0.25) is 28.8 Å². The summed E-state index contributed by atoms with van der Waals surface area (Å²) in [4.78, 5) is 163. The minimum absolute atomic E-state index is 0.0243. The minimum atomic E-state index is -1.96. The number of aliphatic hydroxyl groups is 12. The number of amides is 10. The molecule has 3 saturated heterocycles. The number of unbranched alkanes of at least 4 members (excludes halogenated alkanes) is 1. The first-order chi connectivity index (χ1) is 66.3. The number of carbonyl (C=O) groups is 13. The number of carbonyl (C=O) groups excluding carboxylic acids is 10. The molecular weight excluding hydrogens is 1890 g/mol. The number of alkyl carbamates (subject to hydrolysis) is 4. The van der Waals surface area contributed by atoms with Gasteiger partial charge in [-0.25, -0.2) is 33.6 Å². The van der Waals surface area contributed by atoms with Crippen molar-refractivity contribution in [1.82, 2.24) is 53.2 Å². The second-order valence-corrected chi connectivity index (χ2v) is 35.7. The Kier molecular flexibility index (Phi) is 66.8. The molecule has 53 heteroatoms. The minimum Gasteiger partial charge on any atom is -0.479 e. The first-order valence-electron chi connectivity index (χ1n) is 46.9. The summed E-state index contributed by atoms with van der Waals surface area (Å²) >= 11 is 1.32. The molecule has 52 nitrogen and oxygen atoms in total. The van der Waals surface area contributed by atoms with Crippen molar-refractivity contribution in [3.8, 4) is 0 Å². The summed E-state index contributed by atoms with van der Waals surface area (Å²) in [6.45, 7) is 16.9. The van der Waals surface area contributed by atoms with Gasteiger partial charge < -0.3 is 196 Å². The zero-order valence-corrected chi connectivity index (χ0v) is 83.0. The molecule has 0 aromatic heterocycles. The van der Waals surface area contributed by atoms with Crippen LogP contribution in [-0.2, 0) is 109 Å². The highest BCUT2D eigenvalue weighted by Gasteiger charge is 2.58. The van der Waals surface area contributed by atoms with Crippen LogP contribution >= 0.6 is 11.8 Å². The second kappa shape index (κ2) is 72.1. The van der Waals surface area contributed by atoms with Gasteiger partial charge in [0.05, 0.1) is 129 Å². The lowest BCUT2D eigenvalue weighted by Gasteiger charge is -2.47. The number of rotatable bonds is 68. The number of hydrogen-bond donors (Lipinski definition) is 25. The van der Waals surface area contributed by atoms with Crippen molar-refractivity contribution in [2.75, 3.05) is 177 Å². The van der Waals surface area contributed by atoms with E-state index in [1.54, 1.807) is 41.5 Å². The van der Waals surface area contributed by atoms with Crippen LogP contribution in [0.2, 0.25) is 0 Å². The summed E-state index contributed by atoms with van der Waals surface area (Å²) in [7, 11) is 2.98. The highest BCUT2D eigenvalue weighted by molar-refractivity contribution is 7.99. The average Bonchev–Trinajstić information content (AvgIpc) is 0.774. The SMILES string of the molecule is CCCOCCOC(=O)NC(COCCOC)C(=O)NCC(=O)NC1C(O)CC(CC(C)C)(C(=O)O)OC1C(O)C(O)CO.CCCOCCOC(=O)NC(CSCCOC)C(=O)NCC(=O)NC1C(O)CC(CC(C)C)(C(=O)O)OC1C(O)C(O)CO.CCCOCCOC(=O)NCCCCC(NC(=O)OCCOCCC)C(=O)NCC(=O)NC1C(O)CC(CC(C)C)(C(=O)O)OC1C(O)C(O)CO. The van der Waals surface area contributed by atoms with E-state index < -0.39 is 263 Å². The van der Waals surface area contributed by atoms with Crippen LogP contribution < -0.4 is 53.2 Å². The number of methoxy groups -OCH3 is 2. The fourth-order valence-corrected chi connectivity index (χ4v) is 15.5. The molecule has 3 aliphatic heterocycles. The van der Waals surface area contributed by atoms with Crippen molar-refractivity contribution in [2.45, 2.75) is 279 Å². The number of carboxylic acids is 3. The van der Waals surface area contributed by atoms with Gasteiger partial charge in [-0.2, -0.15) is 11.8 Å². The third-order valence-corrected chi connectivity index (χ3v) is 22.1. The number of carboxylic acid groups (broad SMARTS) is 3. The molecule has 3 fully saturated rings. The van der Waals surface area contributed by atoms with E-state index in [1.165, 1.54) is 26.0 Å². The Morgan fingerprint density at radius 2 is 0.679 bits per heavy atom. The van der Waals surface area contributed by atoms with Gasteiger partial charge >= 0.3 is 42.3 Å². The molecule has 3 aliphatic rings. The van der Waals surface area contributed by atoms with Crippen molar-refractivity contribution in [3.63, 3.8) is 0 Å². The summed E-state index contributed by atoms with van der Waals surface area (Å²) in [6, 6.07) is -7.79. The highest BCUT2D eigenvalue weighted by atomic mass is 32.2. The Bertz CT molecular complexity index is 3440. The molecule has 0 spiro atoms. The van der Waals surface area contributed by atoms with E-state index in [9.17, 15) is 139 Å². The molecule has 0 aliphatic carbocycles. The van der Waals surface area contributed by atoms with Gasteiger partial charge in [-0.15, -0.1) is 0 Å². The van der Waals surface area contributed by atoms with E-state index in [2.05, 4.69) is 53.2 Å². The topological polar surface area (TPSA) is 775 Å². The summed E-state index contributed by atoms with van der Waals surface area (Å²) < 4.78 is 73.7. The van der Waals surface area contributed by atoms with Gasteiger partial charge in [0, 0.05) is 78.0 Å². The maximum Gasteiger partial charge on any atom is 0.407 e. The molecule has 0 radical (unpaired) electrons. The number of thioether (sulfide) groups is 1. The lowest BCUT2D eigenvalue weighted by atomic mass is 9.79. The summed E-state index contributed by atoms with van der Waals surface area (Å²) in [6.07, 6.45) is -21.4. The number of hydrogen-bond acceptors (Lipinski definition) is 40. The Hall–Kier alpha value is -8.22. The standard InChI is InChI=1S/C33H60N4O15.C27H49N3O14.C27H49N3O13S/c1-5-11-48-13-15-50-31(46)34-10-8-7-9-22(36-32(47)51-16-14-49-12-6-2)29(43)35-19-25(41)37-26-23(39)18-33(30(44)45,17-21(3)4)52-28(26)27(42)24(40)20-38;1-5-6-41-9-10-43-26(39)29-17(15-42-8-7-40-4)24(36)28-13-20(34)30-21-18(32)12-27(25(37)38,11-16(2)3)44-23(21)22(35)19(33)14-31;1-5-6-41-7-8-42-26(39)29-17(15-44-10-9-40-4)24(36)28-13-20(34)30-21-18(32)12-27(25(37)38,11-16(2)3)43-23(21)22(35)19(33)14-31/h21-24,26-28,38-40,42H,5-20H2,1-4H3,(H,34,46)(H,35,43)(H,36,47)(H,37,41)(H,44,45);2*16-19,21-23,31-33,35H,5-15H2,1-4H3,(H,28,36)(H,29,39)(H,30,34)(H,37,38). The number of aliphatic hydroxyl groups excluding tert-OH is 12. The van der Waals surface area contributed by atoms with Gasteiger partial charge in [0.1, 0.15) is 99.5 Å². The van der Waals surface area contributed by atoms with Crippen molar-refractivity contribution >= 4 is 89.5 Å². The lowest BCUT2D eigenvalue weighted by Crippen LogP contribution is -2.68. The van der Waals surface area contributed by atoms with Crippen molar-refractivity contribution < 1.29 is 205 Å². The first-order valence-corrected chi connectivity index (χ1v) is 48.0. The zero-order chi connectivity index (χ0) is 106. The monoisotopic (exact) mass is 2050 g/mol. The summed E-state index contributed by atoms with van der Waals surface area (Å²) in [5.74, 6) is -9.04. The number of aliphatic carboxylic acids is 3. The third-order valence-electron chi connectivity index (χ3n) is 21.1. The second-order valence-electron chi connectivity index (χ2n) is 34.6. The van der Waals surface area contributed by atoms with Gasteiger partial charge in [-0.05, 0) is 82.0 Å². The summed E-state index contributed by atoms with van der Waals surface area (Å²) in [5.41, 5.74) is -5.83. The molecule has 0 bridgehead atoms. The maximum absolute atomic E-state index is 13.2. The third kappa shape index (κ3) is 49.9. The van der Waals surface area contributed by atoms with Crippen LogP contribution in [-0.4, -0.2) is 458 Å². The quantitative estimate of drug-likeness (QED) is 0.0200. The van der Waals surface area contributed by atoms with Crippen molar-refractivity contribution in [2.24, 2.45) is 17.8 Å². The zero-order valence-electron chi connectivity index (χ0n) is 82.1. The largest absolute Gasteiger partial charge is 0.479 e. The molecule has 0 aromatic carbocycles. The Balaban J connectivity index is 0.00000106. The van der Waals surface area contributed by atoms with Gasteiger partial charge in [-0.1, -0.05) is 69.2 Å². The predicted octanol–water partition coefficient (Wildman–Crippen LogP) is -5.11. The molecule has 10 amide bonds. The smallest absolute Gasteiger partial charge is 0.407 e. The van der Waals surface area contributed by atoms with Crippen LogP contribution in [0.5, 0.6) is 0 Å². The van der Waals surface area contributed by atoms with Crippen LogP contribution in [0.25, 0.3) is 0 Å². The molecule has 25 N–H and O–H groups in total. The fraction of sp³-hybridized carbons (Fsp3) is 0.851. The fourth-order valence-electron chi connectivity index (χ4n) is 14.5. The molecule has 0 saturated carbocycles. The number of nitrogens with one attached hydrogen (secondary N) is 10. The van der Waals surface area contributed by atoms with Crippen LogP contribution in [0.4, 0.5) is 19.2 Å². The molecule has 21 atom stereocenters. The van der Waals surface area contributed by atoms with E-state index in [4.69, 9.17) is 66.3 Å². The highest BCUT2D eigenvalue weighted by Crippen LogP contribution is 2.40. The molecule has 814 valence electrons. The lowest BCUT2D eigenvalue weighted by molar-refractivity contribution is -0.233. The molecule has 3 heterocycles. The van der Waals surface area contributed by atoms with Crippen LogP contribution in [0, 0.1) is 17.8 Å². The maximum atomic E-state index is 13.2. The number of ether oxygens (including phenoxy) is 14. The van der Waals surface area contributed by atoms with Gasteiger partial charge in [0.2, 0.25) is 35.4 Å². The summed E-state index contributed by atoms with van der Waals surface area (Å²) in [5, 5.41) is 177. The van der Waals surface area contributed by atoms with Gasteiger partial charge in [0.15, 0.2) is 16.8 Å². The molecular formula is C87H158N10O42S. The van der Waals surface area contributed by atoms with Crippen LogP contribution in [0.3, 0.4) is 0 Å². The van der Waals surface area contributed by atoms with E-state index in [1.807, 2.05) is 27.7 Å². The van der Waals surface area contributed by atoms with Crippen molar-refractivity contribution in [1.29, 1.82) is 0 Å². The Morgan fingerprint density at radius 1 is 0.379 bits per heavy atom. The molecule has 140 heavy (non-hydrogen) atoms. The average molecular weight is 2050 g/mol. The molecule has 0 aromatic rings. The van der Waals surface area contributed by atoms with E-state index in [-0.39, 0.29) is 128 Å². The Morgan fingerprint density at radius 3 is 0.986 bits per heavy atom. The molecule has 21 unspecified atom stereocenters. The van der Waals surface area contributed by atoms with E-state index >= 15 is 0 Å². The van der Waals surface area contributed by atoms with Crippen molar-refractivity contribution in [3.05, 3.63) is 0 Å².